The molecule has 0 aromatic rings. The van der Waals surface area contributed by atoms with Gasteiger partial charge in [-0.1, -0.05) is 168 Å². The van der Waals surface area contributed by atoms with Gasteiger partial charge in [0, 0.05) is 37.2 Å². The SMILES string of the molecule is CCCCCCCCCCCCCCCC(=O)OC[C@H](CSCC(N)C(=O)N[C@H](CCC(N)=O)C(=O)N[C@@H](CCC(=O)O)C(=O)O)OC(=O)CCCCCCCCCCCCCCC. The van der Waals surface area contributed by atoms with Crippen molar-refractivity contribution >= 4 is 53.4 Å². The lowest BCUT2D eigenvalue weighted by atomic mass is 10.0. The molecule has 16 heteroatoms. The van der Waals surface area contributed by atoms with Crippen LogP contribution >= 0.6 is 11.8 Å². The van der Waals surface area contributed by atoms with Gasteiger partial charge in [0.2, 0.25) is 17.7 Å². The molecular weight excluding hydrogens is 841 g/mol. The number of aliphatic carboxylic acids is 2. The Hall–Kier alpha value is -3.40. The van der Waals surface area contributed by atoms with Gasteiger partial charge in [0.1, 0.15) is 24.8 Å². The maximum atomic E-state index is 13.1. The van der Waals surface area contributed by atoms with Crippen molar-refractivity contribution in [1.82, 2.24) is 10.6 Å². The molecule has 0 aliphatic rings. The Morgan fingerprint density at radius 2 is 0.922 bits per heavy atom. The third-order valence-electron chi connectivity index (χ3n) is 11.2. The van der Waals surface area contributed by atoms with Crippen molar-refractivity contribution in [1.29, 1.82) is 0 Å². The highest BCUT2D eigenvalue weighted by atomic mass is 32.2. The summed E-state index contributed by atoms with van der Waals surface area (Å²) in [5, 5.41) is 23.1. The van der Waals surface area contributed by atoms with Crippen LogP contribution in [0, 0.1) is 0 Å². The molecule has 64 heavy (non-hydrogen) atoms. The van der Waals surface area contributed by atoms with Crippen LogP contribution in [-0.2, 0) is 43.0 Å². The van der Waals surface area contributed by atoms with E-state index in [0.29, 0.717) is 6.42 Å². The smallest absolute Gasteiger partial charge is 0.326 e. The number of carbonyl (C=O) groups is 7. The second-order valence-corrected chi connectivity index (χ2v) is 18.4. The number of thioether (sulfide) groups is 1. The van der Waals surface area contributed by atoms with E-state index < -0.39 is 72.7 Å². The van der Waals surface area contributed by atoms with Gasteiger partial charge in [-0.25, -0.2) is 4.79 Å². The van der Waals surface area contributed by atoms with Crippen LogP contribution in [0.2, 0.25) is 0 Å². The highest BCUT2D eigenvalue weighted by molar-refractivity contribution is 7.99. The Morgan fingerprint density at radius 1 is 0.516 bits per heavy atom. The Morgan fingerprint density at radius 3 is 1.34 bits per heavy atom. The Bertz CT molecular complexity index is 1270. The largest absolute Gasteiger partial charge is 0.481 e. The molecule has 0 heterocycles. The van der Waals surface area contributed by atoms with Gasteiger partial charge < -0.3 is 41.8 Å². The highest BCUT2D eigenvalue weighted by Crippen LogP contribution is 2.16. The summed E-state index contributed by atoms with van der Waals surface area (Å²) in [5.74, 6) is -5.75. The van der Waals surface area contributed by atoms with E-state index in [0.717, 1.165) is 44.9 Å². The molecule has 0 aliphatic carbocycles. The third-order valence-corrected chi connectivity index (χ3v) is 12.4. The number of amides is 3. The number of unbranched alkanes of at least 4 members (excludes halogenated alkanes) is 24. The van der Waals surface area contributed by atoms with E-state index in [1.807, 2.05) is 0 Å². The minimum absolute atomic E-state index is 0.0200. The van der Waals surface area contributed by atoms with Crippen LogP contribution in [0.5, 0.6) is 0 Å². The topological polar surface area (TPSA) is 255 Å². The van der Waals surface area contributed by atoms with Crippen molar-refractivity contribution in [3.05, 3.63) is 0 Å². The van der Waals surface area contributed by atoms with Crippen LogP contribution in [0.25, 0.3) is 0 Å². The summed E-state index contributed by atoms with van der Waals surface area (Å²) < 4.78 is 11.3. The minimum Gasteiger partial charge on any atom is -0.481 e. The number of nitrogens with two attached hydrogens (primary N) is 2. The quantitative estimate of drug-likeness (QED) is 0.0247. The van der Waals surface area contributed by atoms with Crippen molar-refractivity contribution in [3.8, 4) is 0 Å². The zero-order valence-electron chi connectivity index (χ0n) is 39.7. The molecule has 0 radical (unpaired) electrons. The van der Waals surface area contributed by atoms with Crippen molar-refractivity contribution in [2.24, 2.45) is 11.5 Å². The van der Waals surface area contributed by atoms with Gasteiger partial charge in [0.05, 0.1) is 6.04 Å². The number of nitrogens with one attached hydrogen (secondary N) is 2. The van der Waals surface area contributed by atoms with Gasteiger partial charge in [-0.15, -0.1) is 0 Å². The Kier molecular flexibility index (Phi) is 40.0. The van der Waals surface area contributed by atoms with Crippen LogP contribution < -0.4 is 22.1 Å². The zero-order valence-corrected chi connectivity index (χ0v) is 40.5. The summed E-state index contributed by atoms with van der Waals surface area (Å²) in [6.45, 7) is 4.32. The van der Waals surface area contributed by atoms with Crippen molar-refractivity contribution < 1.29 is 53.2 Å². The maximum absolute atomic E-state index is 13.1. The highest BCUT2D eigenvalue weighted by Gasteiger charge is 2.29. The molecule has 0 aliphatic heterocycles. The zero-order chi connectivity index (χ0) is 47.6. The first-order valence-corrected chi connectivity index (χ1v) is 26.0. The third kappa shape index (κ3) is 37.9. The lowest BCUT2D eigenvalue weighted by Crippen LogP contribution is -2.55. The fourth-order valence-corrected chi connectivity index (χ4v) is 8.20. The molecule has 0 saturated carbocycles. The first-order valence-electron chi connectivity index (χ1n) is 24.8. The molecule has 372 valence electrons. The van der Waals surface area contributed by atoms with Crippen molar-refractivity contribution in [2.45, 2.75) is 244 Å². The maximum Gasteiger partial charge on any atom is 0.326 e. The molecule has 0 rings (SSSR count). The molecular formula is C48H88N4O11S. The molecule has 1 unspecified atom stereocenters. The summed E-state index contributed by atoms with van der Waals surface area (Å²) >= 11 is 1.19. The van der Waals surface area contributed by atoms with Crippen LogP contribution in [0.1, 0.15) is 219 Å². The molecule has 0 bridgehead atoms. The number of rotatable bonds is 46. The lowest BCUT2D eigenvalue weighted by molar-refractivity contribution is -0.157. The monoisotopic (exact) mass is 929 g/mol. The van der Waals surface area contributed by atoms with E-state index in [1.165, 1.54) is 127 Å². The van der Waals surface area contributed by atoms with Gasteiger partial charge >= 0.3 is 23.9 Å². The number of ether oxygens (including phenoxy) is 2. The number of carbonyl (C=O) groups excluding carboxylic acids is 5. The molecule has 0 fully saturated rings. The number of hydrogen-bond donors (Lipinski definition) is 6. The molecule has 0 saturated heterocycles. The standard InChI is InChI=1S/C48H88N4O11S/c1-3-5-7-9-11-13-15-17-19-21-23-25-27-29-44(56)62-35-38(63-45(57)30-28-26-24-22-20-18-16-14-12-10-8-6-4-2)36-64-37-39(49)46(58)51-40(31-33-42(50)53)47(59)52-41(48(60)61)32-34-43(54)55/h38-41H,3-37,49H2,1-2H3,(H2,50,53)(H,51,58)(H,52,59)(H,54,55)(H,60,61)/t38-,39?,40-,41+/m1/s1. The Labute approximate surface area is 389 Å². The second kappa shape index (κ2) is 42.2. The number of carboxylic acids is 2. The molecule has 15 nitrogen and oxygen atoms in total. The molecule has 0 aromatic carbocycles. The van der Waals surface area contributed by atoms with E-state index in [9.17, 15) is 38.7 Å². The summed E-state index contributed by atoms with van der Waals surface area (Å²) in [6, 6.07) is -4.10. The van der Waals surface area contributed by atoms with E-state index in [-0.39, 0.29) is 49.8 Å². The van der Waals surface area contributed by atoms with E-state index in [1.54, 1.807) is 0 Å². The first kappa shape index (κ1) is 60.6. The van der Waals surface area contributed by atoms with E-state index in [4.69, 9.17) is 26.0 Å². The minimum atomic E-state index is -1.55. The summed E-state index contributed by atoms with van der Waals surface area (Å²) in [6.07, 6.45) is 29.2. The van der Waals surface area contributed by atoms with Gasteiger partial charge in [-0.3, -0.25) is 28.8 Å². The fraction of sp³-hybridized carbons (Fsp3) is 0.854. The number of hydrogen-bond acceptors (Lipinski definition) is 11. The van der Waals surface area contributed by atoms with E-state index >= 15 is 0 Å². The van der Waals surface area contributed by atoms with Crippen molar-refractivity contribution in [2.75, 3.05) is 18.1 Å². The molecule has 4 atom stereocenters. The van der Waals surface area contributed by atoms with Gasteiger partial charge in [-0.2, -0.15) is 11.8 Å². The fourth-order valence-electron chi connectivity index (χ4n) is 7.23. The van der Waals surface area contributed by atoms with Crippen molar-refractivity contribution in [3.63, 3.8) is 0 Å². The normalized spacial score (nSPS) is 13.0. The van der Waals surface area contributed by atoms with Crippen LogP contribution in [-0.4, -0.2) is 94.2 Å². The predicted molar refractivity (Wildman–Crippen MR) is 254 cm³/mol. The van der Waals surface area contributed by atoms with Gasteiger partial charge in [0.15, 0.2) is 0 Å². The van der Waals surface area contributed by atoms with Gasteiger partial charge in [0.25, 0.3) is 0 Å². The average Bonchev–Trinajstić information content (AvgIpc) is 3.25. The van der Waals surface area contributed by atoms with Crippen LogP contribution in [0.3, 0.4) is 0 Å². The predicted octanol–water partition coefficient (Wildman–Crippen LogP) is 8.65. The summed E-state index contributed by atoms with van der Waals surface area (Å²) in [5.41, 5.74) is 11.4. The van der Waals surface area contributed by atoms with Crippen LogP contribution in [0.15, 0.2) is 0 Å². The molecule has 8 N–H and O–H groups in total. The van der Waals surface area contributed by atoms with Gasteiger partial charge in [-0.05, 0) is 25.7 Å². The van der Waals surface area contributed by atoms with E-state index in [2.05, 4.69) is 24.5 Å². The molecule has 0 aromatic heterocycles. The number of primary amides is 1. The first-order chi connectivity index (χ1) is 30.8. The average molecular weight is 929 g/mol. The summed E-state index contributed by atoms with van der Waals surface area (Å²) in [4.78, 5) is 85.7. The number of esters is 2. The van der Waals surface area contributed by atoms with Crippen LogP contribution in [0.4, 0.5) is 0 Å². The lowest BCUT2D eigenvalue weighted by Gasteiger charge is -2.23. The second-order valence-electron chi connectivity index (χ2n) is 17.3. The summed E-state index contributed by atoms with van der Waals surface area (Å²) in [7, 11) is 0. The molecule has 0 spiro atoms. The Balaban J connectivity index is 5.04. The molecule has 3 amide bonds. The number of carboxylic acid groups (broad SMARTS) is 2.